The molecule has 80 valence electrons. The van der Waals surface area contributed by atoms with E-state index >= 15 is 0 Å². The van der Waals surface area contributed by atoms with Crippen molar-refractivity contribution in [2.75, 3.05) is 6.26 Å². The highest BCUT2D eigenvalue weighted by Crippen LogP contribution is 2.37. The van der Waals surface area contributed by atoms with Crippen LogP contribution in [0.1, 0.15) is 12.0 Å². The van der Waals surface area contributed by atoms with Gasteiger partial charge in [-0.25, -0.2) is 13.6 Å². The molecular formula is C9H6BrF2NOS. The molecule has 0 N–H and O–H groups in total. The second kappa shape index (κ2) is 4.81. The maximum atomic E-state index is 12.7. The van der Waals surface area contributed by atoms with Crippen molar-refractivity contribution in [1.29, 1.82) is 0 Å². The zero-order valence-electron chi connectivity index (χ0n) is 7.63. The highest BCUT2D eigenvalue weighted by atomic mass is 79.9. The molecule has 0 radical (unpaired) electrons. The molecule has 2 nitrogen and oxygen atoms in total. The number of rotatable bonds is 2. The first kappa shape index (κ1) is 12.3. The third-order valence-electron chi connectivity index (χ3n) is 1.75. The second-order valence-corrected chi connectivity index (χ2v) is 4.85. The number of hydrogen-bond donors (Lipinski definition) is 0. The summed E-state index contributed by atoms with van der Waals surface area (Å²) in [5.74, 6) is 0. The molecule has 1 rings (SSSR count). The van der Waals surface area contributed by atoms with Crippen molar-refractivity contribution in [3.05, 3.63) is 33.6 Å². The van der Waals surface area contributed by atoms with E-state index in [1.165, 1.54) is 18.4 Å². The van der Waals surface area contributed by atoms with Crippen molar-refractivity contribution in [1.82, 2.24) is 0 Å². The van der Waals surface area contributed by atoms with Gasteiger partial charge in [-0.15, -0.1) is 0 Å². The summed E-state index contributed by atoms with van der Waals surface area (Å²) in [6.07, 6.45) is -1.47. The van der Waals surface area contributed by atoms with Crippen molar-refractivity contribution >= 4 is 32.4 Å². The molecule has 0 fully saturated rings. The Balaban J connectivity index is 3.60. The van der Waals surface area contributed by atoms with E-state index in [0.29, 0.717) is 0 Å². The van der Waals surface area contributed by atoms with Crippen LogP contribution in [0.4, 0.5) is 14.5 Å². The average molecular weight is 294 g/mol. The zero-order valence-corrected chi connectivity index (χ0v) is 10.0. The first-order valence-electron chi connectivity index (χ1n) is 3.80. The smallest absolute Gasteiger partial charge is 0.256 e. The third kappa shape index (κ3) is 2.41. The maximum absolute atomic E-state index is 12.7. The van der Waals surface area contributed by atoms with E-state index in [0.717, 1.165) is 0 Å². The highest BCUT2D eigenvalue weighted by molar-refractivity contribution is 9.10. The largest absolute Gasteiger partial charge is 0.264 e. The summed E-state index contributed by atoms with van der Waals surface area (Å²) in [5, 5.41) is 0. The Labute approximate surface area is 96.7 Å². The molecule has 6 heteroatoms. The average Bonchev–Trinajstić information content (AvgIpc) is 2.16. The lowest BCUT2D eigenvalue weighted by Crippen LogP contribution is -1.98. The maximum Gasteiger partial charge on any atom is 0.264 e. The highest BCUT2D eigenvalue weighted by Gasteiger charge is 2.22. The molecule has 1 aromatic carbocycles. The van der Waals surface area contributed by atoms with Crippen LogP contribution in [0, 0.1) is 6.57 Å². The fraction of sp³-hybridized carbons (Fsp3) is 0.222. The predicted molar refractivity (Wildman–Crippen MR) is 57.7 cm³/mol. The third-order valence-corrected chi connectivity index (χ3v) is 3.44. The summed E-state index contributed by atoms with van der Waals surface area (Å²) in [6.45, 7) is 6.82. The molecule has 0 aliphatic carbocycles. The lowest BCUT2D eigenvalue weighted by atomic mass is 10.2. The predicted octanol–water partition coefficient (Wildman–Crippen LogP) is 3.67. The van der Waals surface area contributed by atoms with Gasteiger partial charge in [-0.05, 0) is 0 Å². The first-order chi connectivity index (χ1) is 6.99. The van der Waals surface area contributed by atoms with Crippen LogP contribution >= 0.6 is 15.9 Å². The van der Waals surface area contributed by atoms with Crippen LogP contribution in [-0.2, 0) is 10.8 Å². The summed E-state index contributed by atoms with van der Waals surface area (Å²) in [4.78, 5) is 2.99. The van der Waals surface area contributed by atoms with Gasteiger partial charge in [0.15, 0.2) is 0 Å². The monoisotopic (exact) mass is 293 g/mol. The van der Waals surface area contributed by atoms with Crippen LogP contribution in [0.5, 0.6) is 0 Å². The molecule has 0 saturated carbocycles. The minimum atomic E-state index is -2.75. The van der Waals surface area contributed by atoms with Crippen LogP contribution in [-0.4, -0.2) is 10.5 Å². The Bertz CT molecular complexity index is 456. The molecule has 0 bridgehead atoms. The molecule has 1 aromatic rings. The topological polar surface area (TPSA) is 21.4 Å². The van der Waals surface area contributed by atoms with E-state index in [9.17, 15) is 13.0 Å². The molecule has 0 spiro atoms. The molecule has 0 aromatic heterocycles. The van der Waals surface area contributed by atoms with Crippen LogP contribution in [0.3, 0.4) is 0 Å². The Morgan fingerprint density at radius 1 is 1.53 bits per heavy atom. The Morgan fingerprint density at radius 2 is 2.13 bits per heavy atom. The molecule has 0 aliphatic heterocycles. The minimum absolute atomic E-state index is 0.00864. The Morgan fingerprint density at radius 3 is 2.53 bits per heavy atom. The van der Waals surface area contributed by atoms with Gasteiger partial charge in [0.2, 0.25) is 5.69 Å². The van der Waals surface area contributed by atoms with Gasteiger partial charge >= 0.3 is 0 Å². The number of nitrogens with zero attached hydrogens (tertiary/aromatic N) is 1. The van der Waals surface area contributed by atoms with E-state index in [2.05, 4.69) is 20.8 Å². The van der Waals surface area contributed by atoms with Gasteiger partial charge in [-0.2, -0.15) is 0 Å². The van der Waals surface area contributed by atoms with Crippen molar-refractivity contribution in [2.45, 2.75) is 11.3 Å². The number of halogens is 3. The van der Waals surface area contributed by atoms with Crippen LogP contribution < -0.4 is 0 Å². The molecule has 15 heavy (non-hydrogen) atoms. The molecule has 0 saturated heterocycles. The van der Waals surface area contributed by atoms with Gasteiger partial charge in [-0.3, -0.25) is 4.21 Å². The van der Waals surface area contributed by atoms with Gasteiger partial charge in [0, 0.05) is 27.1 Å². The fourth-order valence-electron chi connectivity index (χ4n) is 1.16. The molecule has 1 unspecified atom stereocenters. The Hall–Kier alpha value is -0.800. The van der Waals surface area contributed by atoms with E-state index in [4.69, 9.17) is 6.57 Å². The van der Waals surface area contributed by atoms with Gasteiger partial charge in [0.1, 0.15) is 0 Å². The van der Waals surface area contributed by atoms with E-state index in [1.54, 1.807) is 0 Å². The molecule has 0 heterocycles. The fourth-order valence-corrected chi connectivity index (χ4v) is 2.71. The van der Waals surface area contributed by atoms with Gasteiger partial charge in [-0.1, -0.05) is 28.1 Å². The van der Waals surface area contributed by atoms with Crippen LogP contribution in [0.2, 0.25) is 0 Å². The number of benzene rings is 1. The SMILES string of the molecule is [C-]#[N+]c1ccc(Br)c(C(F)F)c1S(C)=O. The minimum Gasteiger partial charge on any atom is -0.256 e. The van der Waals surface area contributed by atoms with Crippen molar-refractivity contribution in [3.8, 4) is 0 Å². The zero-order chi connectivity index (χ0) is 11.6. The van der Waals surface area contributed by atoms with Gasteiger partial charge in [0.25, 0.3) is 6.43 Å². The lowest BCUT2D eigenvalue weighted by Gasteiger charge is -2.10. The summed E-state index contributed by atoms with van der Waals surface area (Å²) in [7, 11) is -1.61. The van der Waals surface area contributed by atoms with E-state index in [-0.39, 0.29) is 20.6 Å². The molecule has 1 atom stereocenters. The lowest BCUT2D eigenvalue weighted by molar-refractivity contribution is 0.147. The quantitative estimate of drug-likeness (QED) is 0.762. The van der Waals surface area contributed by atoms with Crippen molar-refractivity contribution < 1.29 is 13.0 Å². The number of alkyl halides is 2. The summed E-state index contributed by atoms with van der Waals surface area (Å²) < 4.78 is 36.9. The standard InChI is InChI=1S/C9H6BrF2NOS/c1-13-6-4-3-5(10)7(9(11)12)8(6)15(2)14/h3-4,9H,2H3. The van der Waals surface area contributed by atoms with Crippen LogP contribution in [0.25, 0.3) is 4.85 Å². The summed E-state index contributed by atoms with van der Waals surface area (Å²) >= 11 is 2.96. The van der Waals surface area contributed by atoms with Gasteiger partial charge < -0.3 is 0 Å². The van der Waals surface area contributed by atoms with Crippen molar-refractivity contribution in [2.24, 2.45) is 0 Å². The van der Waals surface area contributed by atoms with Gasteiger partial charge in [0.05, 0.1) is 11.5 Å². The Kier molecular flexibility index (Phi) is 3.94. The second-order valence-electron chi connectivity index (χ2n) is 2.68. The first-order valence-corrected chi connectivity index (χ1v) is 6.15. The van der Waals surface area contributed by atoms with Crippen molar-refractivity contribution in [3.63, 3.8) is 0 Å². The molecular weight excluding hydrogens is 288 g/mol. The number of hydrogen-bond acceptors (Lipinski definition) is 1. The van der Waals surface area contributed by atoms with E-state index < -0.39 is 17.2 Å². The van der Waals surface area contributed by atoms with Crippen LogP contribution in [0.15, 0.2) is 21.5 Å². The summed E-state index contributed by atoms with van der Waals surface area (Å²) in [6, 6.07) is 2.74. The summed E-state index contributed by atoms with van der Waals surface area (Å²) in [5.41, 5.74) is -0.348. The van der Waals surface area contributed by atoms with E-state index in [1.807, 2.05) is 0 Å². The molecule has 0 aliphatic rings. The normalized spacial score (nSPS) is 12.5. The molecule has 0 amide bonds.